The molecule has 3 nitrogen and oxygen atoms in total. The zero-order valence-corrected chi connectivity index (χ0v) is 12.0. The van der Waals surface area contributed by atoms with Gasteiger partial charge in [-0.3, -0.25) is 0 Å². The minimum Gasteiger partial charge on any atom is -0.435 e. The van der Waals surface area contributed by atoms with Crippen LogP contribution in [0.5, 0.6) is 0 Å². The highest BCUT2D eigenvalue weighted by Crippen LogP contribution is 2.16. The Morgan fingerprint density at radius 1 is 1.47 bits per heavy atom. The van der Waals surface area contributed by atoms with Gasteiger partial charge in [-0.25, -0.2) is 4.79 Å². The van der Waals surface area contributed by atoms with Crippen LogP contribution in [0, 0.1) is 0 Å². The van der Waals surface area contributed by atoms with Gasteiger partial charge in [-0.1, -0.05) is 33.3 Å². The number of unbranched alkanes of at least 4 members (excludes halogenated alkanes) is 1. The predicted octanol–water partition coefficient (Wildman–Crippen LogP) is 1.42. The number of hydrogen-bond acceptors (Lipinski definition) is 3. The molecule has 0 rings (SSSR count). The number of ether oxygens (including phenoxy) is 2. The van der Waals surface area contributed by atoms with Crippen molar-refractivity contribution in [3.8, 4) is 0 Å². The van der Waals surface area contributed by atoms with Gasteiger partial charge in [0.05, 0.1) is 6.61 Å². The van der Waals surface area contributed by atoms with Crippen LogP contribution in [0.4, 0.5) is 0 Å². The van der Waals surface area contributed by atoms with Gasteiger partial charge in [0.2, 0.25) is 0 Å². The number of carbonyl (C=O) groups is 1. The van der Waals surface area contributed by atoms with Gasteiger partial charge in [-0.2, -0.15) is 0 Å². The molecule has 0 aromatic carbocycles. The fourth-order valence-corrected chi connectivity index (χ4v) is 1.18. The normalized spacial score (nSPS) is 12.4. The topological polar surface area (TPSA) is 35.5 Å². The van der Waals surface area contributed by atoms with E-state index in [1.54, 1.807) is 0 Å². The van der Waals surface area contributed by atoms with Crippen LogP contribution in [-0.4, -0.2) is 29.6 Å². The minimum atomic E-state index is -0.312. The second-order valence-corrected chi connectivity index (χ2v) is 5.04. The fraction of sp³-hybridized carbons (Fsp3) is 0.727. The zero-order chi connectivity index (χ0) is 11.7. The average molecular weight is 230 g/mol. The Kier molecular flexibility index (Phi) is 8.32. The summed E-state index contributed by atoms with van der Waals surface area (Å²) in [6.45, 7) is 8.58. The first-order chi connectivity index (χ1) is 7.13. The average Bonchev–Trinajstić information content (AvgIpc) is 2.26. The highest BCUT2D eigenvalue weighted by Gasteiger charge is 2.13. The second-order valence-electron chi connectivity index (χ2n) is 3.65. The lowest BCUT2D eigenvalue weighted by Crippen LogP contribution is -2.14. The largest absolute Gasteiger partial charge is 0.435 e. The molecule has 0 saturated carbocycles. The number of esters is 1. The summed E-state index contributed by atoms with van der Waals surface area (Å²) in [5, 5.41) is 0. The maximum atomic E-state index is 11.4. The maximum Gasteiger partial charge on any atom is 0.335 e. The van der Waals surface area contributed by atoms with Crippen molar-refractivity contribution in [2.24, 2.45) is 0 Å². The molecule has 0 radical (unpaired) electrons. The predicted molar refractivity (Wildman–Crippen MR) is 64.9 cm³/mol. The third kappa shape index (κ3) is 6.46. The van der Waals surface area contributed by atoms with Crippen molar-refractivity contribution >= 4 is 16.2 Å². The summed E-state index contributed by atoms with van der Waals surface area (Å²) in [5.41, 5.74) is 0.899. The van der Waals surface area contributed by atoms with Crippen LogP contribution in [0.1, 0.15) is 33.1 Å². The van der Waals surface area contributed by atoms with E-state index in [1.165, 1.54) is 0 Å². The van der Waals surface area contributed by atoms with Crippen molar-refractivity contribution in [2.45, 2.75) is 38.7 Å². The van der Waals surface area contributed by atoms with Crippen molar-refractivity contribution in [1.29, 1.82) is 0 Å². The first-order valence-corrected chi connectivity index (χ1v) is 6.72. The molecule has 0 aromatic heterocycles. The maximum absolute atomic E-state index is 11.4. The molecule has 0 N–H and O–H groups in total. The molecule has 0 aliphatic rings. The van der Waals surface area contributed by atoms with E-state index in [0.29, 0.717) is 17.7 Å². The van der Waals surface area contributed by atoms with E-state index < -0.39 is 0 Å². The number of rotatable bonds is 8. The van der Waals surface area contributed by atoms with Gasteiger partial charge < -0.3 is 9.47 Å². The lowest BCUT2D eigenvalue weighted by Gasteiger charge is -2.11. The Balaban J connectivity index is 3.61. The molecule has 15 heavy (non-hydrogen) atoms. The Bertz CT molecular complexity index is 204. The molecule has 4 heteroatoms. The third-order valence-electron chi connectivity index (χ3n) is 2.39. The van der Waals surface area contributed by atoms with Gasteiger partial charge in [0.25, 0.3) is 0 Å². The molecule has 0 aliphatic carbocycles. The van der Waals surface area contributed by atoms with E-state index in [0.717, 1.165) is 29.5 Å². The summed E-state index contributed by atoms with van der Waals surface area (Å²) in [6, 6.07) is 0. The lowest BCUT2D eigenvalue weighted by atomic mass is 10.2. The van der Waals surface area contributed by atoms with Gasteiger partial charge in [-0.15, -0.1) is 0 Å². The molecule has 0 spiro atoms. The van der Waals surface area contributed by atoms with E-state index in [9.17, 15) is 4.79 Å². The third-order valence-corrected chi connectivity index (χ3v) is 3.90. The van der Waals surface area contributed by atoms with Crippen LogP contribution in [0.2, 0.25) is 5.54 Å². The molecular formula is C11H22O3Si. The van der Waals surface area contributed by atoms with Gasteiger partial charge in [0, 0.05) is 15.8 Å². The highest BCUT2D eigenvalue weighted by molar-refractivity contribution is 6.17. The monoisotopic (exact) mass is 230 g/mol. The Morgan fingerprint density at radius 2 is 2.13 bits per heavy atom. The van der Waals surface area contributed by atoms with Crippen LogP contribution in [0.25, 0.3) is 0 Å². The molecule has 1 unspecified atom stereocenters. The zero-order valence-electron chi connectivity index (χ0n) is 10.0. The van der Waals surface area contributed by atoms with E-state index in [4.69, 9.17) is 9.47 Å². The molecule has 0 aliphatic heterocycles. The summed E-state index contributed by atoms with van der Waals surface area (Å²) >= 11 is 0. The van der Waals surface area contributed by atoms with E-state index >= 15 is 0 Å². The Morgan fingerprint density at radius 3 is 2.67 bits per heavy atom. The van der Waals surface area contributed by atoms with Crippen LogP contribution in [-0.2, 0) is 14.3 Å². The fourth-order valence-electron chi connectivity index (χ4n) is 0.941. The van der Waals surface area contributed by atoms with Crippen LogP contribution in [0.3, 0.4) is 0 Å². The van der Waals surface area contributed by atoms with Gasteiger partial charge >= 0.3 is 5.97 Å². The summed E-state index contributed by atoms with van der Waals surface area (Å²) in [4.78, 5) is 11.4. The Labute approximate surface area is 95.3 Å². The molecule has 0 bridgehead atoms. The van der Waals surface area contributed by atoms with Crippen LogP contribution >= 0.6 is 0 Å². The van der Waals surface area contributed by atoms with Crippen LogP contribution in [0.15, 0.2) is 12.2 Å². The number of hydrogen-bond donors (Lipinski definition) is 0. The lowest BCUT2D eigenvalue weighted by molar-refractivity contribution is -0.151. The Hall–Kier alpha value is -0.613. The summed E-state index contributed by atoms with van der Waals surface area (Å²) < 4.78 is 10.1. The van der Waals surface area contributed by atoms with E-state index in [2.05, 4.69) is 13.5 Å². The molecule has 1 atom stereocenters. The van der Waals surface area contributed by atoms with Gasteiger partial charge in [0.1, 0.15) is 0 Å². The van der Waals surface area contributed by atoms with Gasteiger partial charge in [0.15, 0.2) is 6.79 Å². The molecule has 0 amide bonds. The second kappa shape index (κ2) is 8.68. The summed E-state index contributed by atoms with van der Waals surface area (Å²) in [7, 11) is 0.941. The molecule has 0 aromatic rings. The smallest absolute Gasteiger partial charge is 0.335 e. The molecule has 0 saturated heterocycles. The minimum absolute atomic E-state index is 0.0514. The van der Waals surface area contributed by atoms with E-state index in [1.807, 2.05) is 6.92 Å². The van der Waals surface area contributed by atoms with Gasteiger partial charge in [-0.05, 0) is 12.0 Å². The highest BCUT2D eigenvalue weighted by atomic mass is 28.1. The van der Waals surface area contributed by atoms with Crippen molar-refractivity contribution < 1.29 is 14.3 Å². The van der Waals surface area contributed by atoms with Crippen molar-refractivity contribution in [2.75, 3.05) is 13.4 Å². The quantitative estimate of drug-likeness (QED) is 0.208. The SMILES string of the molecule is C=C(C(=O)OCOCCCC)C([SiH3])CC. The van der Waals surface area contributed by atoms with Crippen molar-refractivity contribution in [3.05, 3.63) is 12.2 Å². The molecule has 88 valence electrons. The van der Waals surface area contributed by atoms with Crippen molar-refractivity contribution in [3.63, 3.8) is 0 Å². The summed E-state index contributed by atoms with van der Waals surface area (Å²) in [5.74, 6) is -0.312. The van der Waals surface area contributed by atoms with E-state index in [-0.39, 0.29) is 12.8 Å². The summed E-state index contributed by atoms with van der Waals surface area (Å²) in [6.07, 6.45) is 3.03. The molecular weight excluding hydrogens is 208 g/mol. The molecule has 0 heterocycles. The standard InChI is InChI=1S/C11H22O3Si/c1-4-6-7-13-8-14-11(12)9(3)10(15)5-2/h10H,3-8H2,1-2,15H3. The molecule has 0 fully saturated rings. The first kappa shape index (κ1) is 14.4. The first-order valence-electron chi connectivity index (χ1n) is 5.57. The van der Waals surface area contributed by atoms with Crippen LogP contribution < -0.4 is 0 Å². The van der Waals surface area contributed by atoms with Crippen molar-refractivity contribution in [1.82, 2.24) is 0 Å². The number of carbonyl (C=O) groups excluding carboxylic acids is 1.